The van der Waals surface area contributed by atoms with E-state index >= 15 is 0 Å². The molecule has 1 saturated carbocycles. The highest BCUT2D eigenvalue weighted by Crippen LogP contribution is 2.33. The van der Waals surface area contributed by atoms with Crippen LogP contribution in [0.15, 0.2) is 24.3 Å². The number of ketones is 1. The van der Waals surface area contributed by atoms with Crippen molar-refractivity contribution in [2.45, 2.75) is 58.8 Å². The number of rotatable bonds is 5. The SMILES string of the molecule is CCCc1ccc(C(=O)C2CCCC(CC)C2)cc1. The van der Waals surface area contributed by atoms with Gasteiger partial charge in [0, 0.05) is 11.5 Å². The molecule has 0 radical (unpaired) electrons. The Labute approximate surface area is 117 Å². The van der Waals surface area contributed by atoms with E-state index in [1.165, 1.54) is 24.8 Å². The van der Waals surface area contributed by atoms with Crippen molar-refractivity contribution in [3.63, 3.8) is 0 Å². The van der Waals surface area contributed by atoms with Crippen LogP contribution in [-0.2, 0) is 6.42 Å². The molecule has 1 aliphatic rings. The summed E-state index contributed by atoms with van der Waals surface area (Å²) in [5.41, 5.74) is 2.26. The molecule has 0 saturated heterocycles. The Bertz CT molecular complexity index is 404. The Hall–Kier alpha value is -1.11. The lowest BCUT2D eigenvalue weighted by molar-refractivity contribution is 0.0862. The van der Waals surface area contributed by atoms with Gasteiger partial charge in [-0.3, -0.25) is 4.79 Å². The molecule has 0 aliphatic heterocycles. The minimum Gasteiger partial charge on any atom is -0.294 e. The van der Waals surface area contributed by atoms with Crippen molar-refractivity contribution < 1.29 is 4.79 Å². The Morgan fingerprint density at radius 3 is 2.53 bits per heavy atom. The van der Waals surface area contributed by atoms with E-state index < -0.39 is 0 Å². The Morgan fingerprint density at radius 1 is 1.16 bits per heavy atom. The van der Waals surface area contributed by atoms with Gasteiger partial charge >= 0.3 is 0 Å². The number of benzene rings is 1. The molecule has 1 aromatic rings. The van der Waals surface area contributed by atoms with Crippen LogP contribution in [0.1, 0.15) is 68.3 Å². The zero-order valence-corrected chi connectivity index (χ0v) is 12.3. The smallest absolute Gasteiger partial charge is 0.165 e. The highest BCUT2D eigenvalue weighted by Gasteiger charge is 2.26. The number of hydrogen-bond donors (Lipinski definition) is 0. The molecule has 0 spiro atoms. The molecule has 0 aromatic heterocycles. The van der Waals surface area contributed by atoms with Gasteiger partial charge in [-0.05, 0) is 30.7 Å². The molecule has 104 valence electrons. The number of carbonyl (C=O) groups excluding carboxylic acids is 1. The van der Waals surface area contributed by atoms with Crippen molar-refractivity contribution >= 4 is 5.78 Å². The van der Waals surface area contributed by atoms with Gasteiger partial charge in [-0.2, -0.15) is 0 Å². The third-order valence-corrected chi connectivity index (χ3v) is 4.51. The molecule has 1 aromatic carbocycles. The third-order valence-electron chi connectivity index (χ3n) is 4.51. The van der Waals surface area contributed by atoms with E-state index in [2.05, 4.69) is 26.0 Å². The predicted molar refractivity (Wildman–Crippen MR) is 80.5 cm³/mol. The molecule has 0 N–H and O–H groups in total. The van der Waals surface area contributed by atoms with Crippen LogP contribution >= 0.6 is 0 Å². The number of hydrogen-bond acceptors (Lipinski definition) is 1. The first-order chi connectivity index (χ1) is 9.24. The normalized spacial score (nSPS) is 23.3. The maximum absolute atomic E-state index is 12.5. The van der Waals surface area contributed by atoms with Gasteiger partial charge < -0.3 is 0 Å². The molecular weight excluding hydrogens is 232 g/mol. The fourth-order valence-corrected chi connectivity index (χ4v) is 3.26. The van der Waals surface area contributed by atoms with Crippen molar-refractivity contribution in [1.29, 1.82) is 0 Å². The monoisotopic (exact) mass is 258 g/mol. The molecule has 1 nitrogen and oxygen atoms in total. The van der Waals surface area contributed by atoms with Gasteiger partial charge in [-0.25, -0.2) is 0 Å². The summed E-state index contributed by atoms with van der Waals surface area (Å²) in [4.78, 5) is 12.5. The summed E-state index contributed by atoms with van der Waals surface area (Å²) < 4.78 is 0. The summed E-state index contributed by atoms with van der Waals surface area (Å²) >= 11 is 0. The molecule has 0 bridgehead atoms. The van der Waals surface area contributed by atoms with Gasteiger partial charge in [-0.1, -0.05) is 63.8 Å². The van der Waals surface area contributed by atoms with Crippen molar-refractivity contribution in [2.75, 3.05) is 0 Å². The fourth-order valence-electron chi connectivity index (χ4n) is 3.26. The first-order valence-corrected chi connectivity index (χ1v) is 7.87. The third kappa shape index (κ3) is 3.68. The summed E-state index contributed by atoms with van der Waals surface area (Å²) in [5.74, 6) is 1.42. The van der Waals surface area contributed by atoms with Crippen LogP contribution in [0.4, 0.5) is 0 Å². The van der Waals surface area contributed by atoms with Crippen LogP contribution in [0.3, 0.4) is 0 Å². The van der Waals surface area contributed by atoms with Crippen LogP contribution < -0.4 is 0 Å². The van der Waals surface area contributed by atoms with E-state index in [4.69, 9.17) is 0 Å². The van der Waals surface area contributed by atoms with Gasteiger partial charge in [0.25, 0.3) is 0 Å². The highest BCUT2D eigenvalue weighted by molar-refractivity contribution is 5.97. The minimum atomic E-state index is 0.274. The molecule has 1 heteroatoms. The number of carbonyl (C=O) groups is 1. The highest BCUT2D eigenvalue weighted by atomic mass is 16.1. The van der Waals surface area contributed by atoms with E-state index in [1.54, 1.807) is 0 Å². The quantitative estimate of drug-likeness (QED) is 0.676. The van der Waals surface area contributed by atoms with Crippen LogP contribution in [-0.4, -0.2) is 5.78 Å². The number of aryl methyl sites for hydroxylation is 1. The molecule has 2 unspecified atom stereocenters. The summed E-state index contributed by atoms with van der Waals surface area (Å²) in [6.45, 7) is 4.43. The maximum atomic E-state index is 12.5. The second-order valence-electron chi connectivity index (χ2n) is 5.95. The van der Waals surface area contributed by atoms with Gasteiger partial charge in [0.2, 0.25) is 0 Å². The van der Waals surface area contributed by atoms with E-state index in [0.717, 1.165) is 37.2 Å². The lowest BCUT2D eigenvalue weighted by Crippen LogP contribution is -2.22. The van der Waals surface area contributed by atoms with Crippen LogP contribution in [0.5, 0.6) is 0 Å². The van der Waals surface area contributed by atoms with Crippen LogP contribution in [0.2, 0.25) is 0 Å². The summed E-state index contributed by atoms with van der Waals surface area (Å²) in [6.07, 6.45) is 8.22. The molecule has 2 rings (SSSR count). The van der Waals surface area contributed by atoms with E-state index in [1.807, 2.05) is 12.1 Å². The van der Waals surface area contributed by atoms with Crippen molar-refractivity contribution in [1.82, 2.24) is 0 Å². The maximum Gasteiger partial charge on any atom is 0.165 e. The van der Waals surface area contributed by atoms with Gasteiger partial charge in [0.05, 0.1) is 0 Å². The van der Waals surface area contributed by atoms with Crippen molar-refractivity contribution in [2.24, 2.45) is 11.8 Å². The Morgan fingerprint density at radius 2 is 1.89 bits per heavy atom. The average Bonchev–Trinajstić information content (AvgIpc) is 2.48. The molecule has 19 heavy (non-hydrogen) atoms. The summed E-state index contributed by atoms with van der Waals surface area (Å²) in [6, 6.07) is 8.31. The molecule has 0 heterocycles. The van der Waals surface area contributed by atoms with E-state index in [9.17, 15) is 4.79 Å². The van der Waals surface area contributed by atoms with E-state index in [-0.39, 0.29) is 5.92 Å². The molecule has 1 aliphatic carbocycles. The second-order valence-corrected chi connectivity index (χ2v) is 5.95. The number of Topliss-reactive ketones (excluding diaryl/α,β-unsaturated/α-hetero) is 1. The minimum absolute atomic E-state index is 0.274. The zero-order valence-electron chi connectivity index (χ0n) is 12.3. The lowest BCUT2D eigenvalue weighted by atomic mass is 9.77. The topological polar surface area (TPSA) is 17.1 Å². The average molecular weight is 258 g/mol. The van der Waals surface area contributed by atoms with Crippen molar-refractivity contribution in [3.8, 4) is 0 Å². The molecule has 1 fully saturated rings. The second kappa shape index (κ2) is 6.88. The molecule has 2 atom stereocenters. The van der Waals surface area contributed by atoms with Crippen LogP contribution in [0, 0.1) is 11.8 Å². The first kappa shape index (κ1) is 14.3. The predicted octanol–water partition coefficient (Wildman–Crippen LogP) is 5.04. The van der Waals surface area contributed by atoms with Gasteiger partial charge in [0.1, 0.15) is 0 Å². The Balaban J connectivity index is 2.02. The fraction of sp³-hybridized carbons (Fsp3) is 0.611. The standard InChI is InChI=1S/C18H26O/c1-3-6-15-9-11-16(12-10-15)18(19)17-8-5-7-14(4-2)13-17/h9-12,14,17H,3-8,13H2,1-2H3. The van der Waals surface area contributed by atoms with Crippen molar-refractivity contribution in [3.05, 3.63) is 35.4 Å². The molecular formula is C18H26O. The molecule has 0 amide bonds. The first-order valence-electron chi connectivity index (χ1n) is 7.87. The zero-order chi connectivity index (χ0) is 13.7. The van der Waals surface area contributed by atoms with E-state index in [0.29, 0.717) is 5.78 Å². The van der Waals surface area contributed by atoms with Gasteiger partial charge in [0.15, 0.2) is 5.78 Å². The summed E-state index contributed by atoms with van der Waals surface area (Å²) in [5, 5.41) is 0. The van der Waals surface area contributed by atoms with Crippen LogP contribution in [0.25, 0.3) is 0 Å². The largest absolute Gasteiger partial charge is 0.294 e. The Kier molecular flexibility index (Phi) is 5.18. The summed E-state index contributed by atoms with van der Waals surface area (Å²) in [7, 11) is 0. The lowest BCUT2D eigenvalue weighted by Gasteiger charge is -2.27. The van der Waals surface area contributed by atoms with Gasteiger partial charge in [-0.15, -0.1) is 0 Å².